The van der Waals surface area contributed by atoms with Gasteiger partial charge in [-0.2, -0.15) is 0 Å². The van der Waals surface area contributed by atoms with E-state index in [1.165, 1.54) is 0 Å². The fourth-order valence-electron chi connectivity index (χ4n) is 5.44. The van der Waals surface area contributed by atoms with Crippen molar-refractivity contribution in [1.29, 1.82) is 0 Å². The number of aliphatic hydroxyl groups is 1. The highest BCUT2D eigenvalue weighted by atomic mass is 16.7. The van der Waals surface area contributed by atoms with Gasteiger partial charge in [0.2, 0.25) is 0 Å². The van der Waals surface area contributed by atoms with E-state index in [2.05, 4.69) is 25.0 Å². The van der Waals surface area contributed by atoms with Crippen molar-refractivity contribution in [2.45, 2.75) is 146 Å². The van der Waals surface area contributed by atoms with Crippen LogP contribution in [-0.4, -0.2) is 75.6 Å². The second-order valence-corrected chi connectivity index (χ2v) is 10.7. The second-order valence-electron chi connectivity index (χ2n) is 10.7. The smallest absolute Gasteiger partial charge is 0.147 e. The van der Waals surface area contributed by atoms with E-state index in [-0.39, 0.29) is 56.3 Å². The Kier molecular flexibility index (Phi) is 18.2. The Morgan fingerprint density at radius 1 is 0.868 bits per heavy atom. The lowest BCUT2D eigenvalue weighted by molar-refractivity contribution is -0.151. The van der Waals surface area contributed by atoms with Crippen LogP contribution in [-0.2, 0) is 28.4 Å². The number of hydrogen-bond donors (Lipinski definition) is 1. The number of terminal acetylenes is 1. The van der Waals surface area contributed by atoms with Crippen LogP contribution in [0, 0.1) is 12.3 Å². The third-order valence-corrected chi connectivity index (χ3v) is 7.58. The van der Waals surface area contributed by atoms with Crippen LogP contribution < -0.4 is 0 Å². The van der Waals surface area contributed by atoms with Crippen LogP contribution in [0.5, 0.6) is 0 Å². The van der Waals surface area contributed by atoms with Gasteiger partial charge in [-0.3, -0.25) is 0 Å². The number of rotatable bonds is 22. The molecule has 0 aromatic heterocycles. The molecule has 0 aliphatic carbocycles. The number of methoxy groups -OCH3 is 2. The Hall–Kier alpha value is -0.980. The summed E-state index contributed by atoms with van der Waals surface area (Å²) in [7, 11) is 3.29. The van der Waals surface area contributed by atoms with Gasteiger partial charge in [-0.15, -0.1) is 12.3 Å². The molecule has 2 aliphatic rings. The van der Waals surface area contributed by atoms with Crippen LogP contribution in [0.2, 0.25) is 0 Å². The van der Waals surface area contributed by atoms with Crippen LogP contribution in [0.25, 0.3) is 0 Å². The van der Waals surface area contributed by atoms with E-state index in [9.17, 15) is 5.11 Å². The molecule has 7 heteroatoms. The monoisotopic (exact) mass is 538 g/mol. The third kappa shape index (κ3) is 12.9. The van der Waals surface area contributed by atoms with Gasteiger partial charge in [0.15, 0.2) is 0 Å². The average Bonchev–Trinajstić information content (AvgIpc) is 3.61. The standard InChI is InChI=1S/C31H54O7/c1-5-7-9-10-13-17-26(35-23-33-3)28-19-21-30(37-28)31-22-20-29(38-31)27(36-24-34-4)18-14-11-12-16-25(32)15-8-6-2/h1,13,17,25-32H,6-12,14-16,18-24H2,2-4H3/b17-13+/t25-,26+,27+,28+,29+,30+,31+/m0/s1. The van der Waals surface area contributed by atoms with E-state index >= 15 is 0 Å². The summed E-state index contributed by atoms with van der Waals surface area (Å²) in [5.41, 5.74) is 0. The normalized spacial score (nSPS) is 26.1. The van der Waals surface area contributed by atoms with E-state index in [0.29, 0.717) is 0 Å². The molecule has 0 spiro atoms. The molecule has 7 atom stereocenters. The van der Waals surface area contributed by atoms with E-state index in [0.717, 1.165) is 96.3 Å². The van der Waals surface area contributed by atoms with Gasteiger partial charge in [0.25, 0.3) is 0 Å². The molecule has 2 rings (SSSR count). The zero-order valence-electron chi connectivity index (χ0n) is 24.2. The van der Waals surface area contributed by atoms with Crippen molar-refractivity contribution in [2.75, 3.05) is 27.8 Å². The highest BCUT2D eigenvalue weighted by Crippen LogP contribution is 2.35. The molecule has 0 bridgehead atoms. The van der Waals surface area contributed by atoms with Gasteiger partial charge in [0.1, 0.15) is 19.7 Å². The Balaban J connectivity index is 1.79. The number of unbranched alkanes of at least 4 members (excludes halogenated alkanes) is 5. The topological polar surface area (TPSA) is 75.6 Å². The van der Waals surface area contributed by atoms with E-state index in [1.807, 2.05) is 0 Å². The minimum Gasteiger partial charge on any atom is -0.393 e. The van der Waals surface area contributed by atoms with Gasteiger partial charge in [-0.05, 0) is 57.8 Å². The fourth-order valence-corrected chi connectivity index (χ4v) is 5.44. The van der Waals surface area contributed by atoms with Crippen molar-refractivity contribution in [3.8, 4) is 12.3 Å². The largest absolute Gasteiger partial charge is 0.393 e. The zero-order valence-corrected chi connectivity index (χ0v) is 24.2. The SMILES string of the molecule is C#CCCC/C=C/[C@@H](OCOC)[C@H]1CC[C@H]([C@H]2CC[C@H]([C@@H](CCCCC[C@@H](O)CCCC)OCOC)O2)O1. The molecule has 38 heavy (non-hydrogen) atoms. The van der Waals surface area contributed by atoms with Crippen LogP contribution in [0.15, 0.2) is 12.2 Å². The van der Waals surface area contributed by atoms with Crippen LogP contribution in [0.4, 0.5) is 0 Å². The summed E-state index contributed by atoms with van der Waals surface area (Å²) in [6, 6.07) is 0. The van der Waals surface area contributed by atoms with Crippen LogP contribution >= 0.6 is 0 Å². The molecular weight excluding hydrogens is 484 g/mol. The third-order valence-electron chi connectivity index (χ3n) is 7.58. The average molecular weight is 539 g/mol. The van der Waals surface area contributed by atoms with Gasteiger partial charge in [0.05, 0.1) is 36.6 Å². The molecule has 0 radical (unpaired) electrons. The molecule has 0 aromatic rings. The quantitative estimate of drug-likeness (QED) is 0.0793. The highest BCUT2D eigenvalue weighted by Gasteiger charge is 2.41. The first-order valence-corrected chi connectivity index (χ1v) is 14.9. The summed E-state index contributed by atoms with van der Waals surface area (Å²) in [5.74, 6) is 2.68. The second kappa shape index (κ2) is 20.9. The Labute approximate surface area is 231 Å². The van der Waals surface area contributed by atoms with Gasteiger partial charge in [-0.1, -0.05) is 51.2 Å². The van der Waals surface area contributed by atoms with Crippen molar-refractivity contribution in [2.24, 2.45) is 0 Å². The molecule has 0 amide bonds. The van der Waals surface area contributed by atoms with Gasteiger partial charge >= 0.3 is 0 Å². The fraction of sp³-hybridized carbons (Fsp3) is 0.871. The van der Waals surface area contributed by atoms with Crippen molar-refractivity contribution < 1.29 is 33.5 Å². The maximum Gasteiger partial charge on any atom is 0.147 e. The van der Waals surface area contributed by atoms with Gasteiger partial charge in [0, 0.05) is 20.6 Å². The molecule has 2 heterocycles. The number of allylic oxidation sites excluding steroid dienone is 1. The van der Waals surface area contributed by atoms with Gasteiger partial charge in [-0.25, -0.2) is 0 Å². The lowest BCUT2D eigenvalue weighted by atomic mass is 10.0. The molecule has 2 saturated heterocycles. The van der Waals surface area contributed by atoms with Gasteiger partial charge < -0.3 is 33.5 Å². The summed E-state index contributed by atoms with van der Waals surface area (Å²) in [4.78, 5) is 0. The Morgan fingerprint density at radius 2 is 1.53 bits per heavy atom. The molecule has 0 aromatic carbocycles. The molecule has 1 N–H and O–H groups in total. The van der Waals surface area contributed by atoms with E-state index in [1.54, 1.807) is 14.2 Å². The Bertz CT molecular complexity index is 649. The summed E-state index contributed by atoms with van der Waals surface area (Å²) >= 11 is 0. The van der Waals surface area contributed by atoms with E-state index < -0.39 is 0 Å². The summed E-state index contributed by atoms with van der Waals surface area (Å²) < 4.78 is 35.3. The highest BCUT2D eigenvalue weighted by molar-refractivity contribution is 4.98. The van der Waals surface area contributed by atoms with Crippen LogP contribution in [0.3, 0.4) is 0 Å². The number of ether oxygens (including phenoxy) is 6. The predicted molar refractivity (Wildman–Crippen MR) is 150 cm³/mol. The van der Waals surface area contributed by atoms with Crippen molar-refractivity contribution in [3.63, 3.8) is 0 Å². The van der Waals surface area contributed by atoms with E-state index in [4.69, 9.17) is 34.8 Å². The minimum absolute atomic E-state index is 0.00472. The predicted octanol–water partition coefficient (Wildman–Crippen LogP) is 5.92. The van der Waals surface area contributed by atoms with Crippen LogP contribution in [0.1, 0.15) is 103 Å². The minimum atomic E-state index is -0.159. The molecule has 2 fully saturated rings. The maximum atomic E-state index is 10.1. The molecule has 0 unspecified atom stereocenters. The number of hydrogen-bond acceptors (Lipinski definition) is 7. The molecular formula is C31H54O7. The van der Waals surface area contributed by atoms with Crippen molar-refractivity contribution >= 4 is 0 Å². The lowest BCUT2D eigenvalue weighted by Crippen LogP contribution is -2.34. The Morgan fingerprint density at radius 3 is 2.24 bits per heavy atom. The lowest BCUT2D eigenvalue weighted by Gasteiger charge is -2.26. The van der Waals surface area contributed by atoms with Crippen molar-refractivity contribution in [1.82, 2.24) is 0 Å². The first kappa shape index (κ1) is 33.2. The summed E-state index contributed by atoms with van der Waals surface area (Å²) in [5, 5.41) is 10.1. The van der Waals surface area contributed by atoms with Crippen molar-refractivity contribution in [3.05, 3.63) is 12.2 Å². The molecule has 2 aliphatic heterocycles. The summed E-state index contributed by atoms with van der Waals surface area (Å²) in [6.07, 6.45) is 24.3. The zero-order chi connectivity index (χ0) is 27.4. The first-order chi connectivity index (χ1) is 18.6. The first-order valence-electron chi connectivity index (χ1n) is 14.9. The molecule has 7 nitrogen and oxygen atoms in total. The maximum absolute atomic E-state index is 10.1. The summed E-state index contributed by atoms with van der Waals surface area (Å²) in [6.45, 7) is 2.68. The number of aliphatic hydroxyl groups excluding tert-OH is 1. The molecule has 0 saturated carbocycles. The molecule has 220 valence electrons.